The summed E-state index contributed by atoms with van der Waals surface area (Å²) in [6.07, 6.45) is -3.45. The van der Waals surface area contributed by atoms with Crippen LogP contribution in [0.5, 0.6) is 0 Å². The topological polar surface area (TPSA) is 53.6 Å². The van der Waals surface area contributed by atoms with Gasteiger partial charge in [0.2, 0.25) is 0 Å². The van der Waals surface area contributed by atoms with Crippen LogP contribution in [-0.2, 0) is 16.5 Å². The van der Waals surface area contributed by atoms with Gasteiger partial charge in [0.1, 0.15) is 0 Å². The summed E-state index contributed by atoms with van der Waals surface area (Å²) in [5.41, 5.74) is 0.933. The maximum absolute atomic E-state index is 13.3. The third kappa shape index (κ3) is 6.26. The van der Waals surface area contributed by atoms with E-state index in [9.17, 15) is 18.0 Å². The van der Waals surface area contributed by atoms with E-state index in [1.807, 2.05) is 30.3 Å². The van der Waals surface area contributed by atoms with Crippen molar-refractivity contribution in [3.63, 3.8) is 0 Å². The molecule has 180 valence electrons. The van der Waals surface area contributed by atoms with Crippen LogP contribution in [0.4, 0.5) is 18.0 Å². The first kappa shape index (κ1) is 25.1. The SMILES string of the molecule is Cc1cc([C@@H](C)OC[C@@]2(c3ccccc3)CC[C@H](NC(=O)N(C)C)CN2)cc(C(F)(F)F)c1. The number of benzene rings is 2. The molecule has 5 nitrogen and oxygen atoms in total. The third-order valence-electron chi connectivity index (χ3n) is 6.14. The lowest BCUT2D eigenvalue weighted by molar-refractivity contribution is -0.137. The number of nitrogens with one attached hydrogen (secondary N) is 2. The van der Waals surface area contributed by atoms with E-state index in [0.717, 1.165) is 24.1 Å². The van der Waals surface area contributed by atoms with Gasteiger partial charge in [-0.25, -0.2) is 4.79 Å². The second-order valence-electron chi connectivity index (χ2n) is 8.99. The Balaban J connectivity index is 1.75. The number of urea groups is 1. The molecule has 1 heterocycles. The van der Waals surface area contributed by atoms with E-state index in [0.29, 0.717) is 30.7 Å². The smallest absolute Gasteiger partial charge is 0.372 e. The fraction of sp³-hybridized carbons (Fsp3) is 0.480. The van der Waals surface area contributed by atoms with E-state index >= 15 is 0 Å². The molecule has 2 aromatic carbocycles. The standard InChI is InChI=1S/C25H32F3N3O2/c1-17-12-19(14-21(13-17)25(26,27)28)18(2)33-16-24(20-8-6-5-7-9-20)11-10-22(15-29-24)30-23(32)31(3)4/h5-9,12-14,18,22,29H,10-11,15-16H2,1-4H3,(H,30,32)/t18-,22+,24-/m1/s1. The second-order valence-corrected chi connectivity index (χ2v) is 8.99. The minimum atomic E-state index is -4.40. The molecule has 0 saturated carbocycles. The van der Waals surface area contributed by atoms with Crippen molar-refractivity contribution in [3.8, 4) is 0 Å². The first-order valence-corrected chi connectivity index (χ1v) is 11.1. The fourth-order valence-electron chi connectivity index (χ4n) is 4.14. The summed E-state index contributed by atoms with van der Waals surface area (Å²) in [6.45, 7) is 4.29. The molecule has 2 aromatic rings. The number of alkyl halides is 3. The Labute approximate surface area is 193 Å². The van der Waals surface area contributed by atoms with Crippen molar-refractivity contribution in [1.29, 1.82) is 0 Å². The summed E-state index contributed by atoms with van der Waals surface area (Å²) in [5, 5.41) is 6.56. The molecule has 0 unspecified atom stereocenters. The van der Waals surface area contributed by atoms with Crippen molar-refractivity contribution in [3.05, 3.63) is 70.8 Å². The molecule has 33 heavy (non-hydrogen) atoms. The fourth-order valence-corrected chi connectivity index (χ4v) is 4.14. The Morgan fingerprint density at radius 3 is 2.52 bits per heavy atom. The van der Waals surface area contributed by atoms with Gasteiger partial charge in [-0.3, -0.25) is 0 Å². The van der Waals surface area contributed by atoms with Gasteiger partial charge in [0.25, 0.3) is 0 Å². The van der Waals surface area contributed by atoms with Crippen LogP contribution < -0.4 is 10.6 Å². The van der Waals surface area contributed by atoms with Crippen LogP contribution in [0.2, 0.25) is 0 Å². The van der Waals surface area contributed by atoms with Crippen LogP contribution in [0.25, 0.3) is 0 Å². The van der Waals surface area contributed by atoms with Gasteiger partial charge in [0.05, 0.1) is 23.8 Å². The predicted molar refractivity (Wildman–Crippen MR) is 122 cm³/mol. The highest BCUT2D eigenvalue weighted by Gasteiger charge is 2.38. The van der Waals surface area contributed by atoms with E-state index in [1.165, 1.54) is 4.90 Å². The summed E-state index contributed by atoms with van der Waals surface area (Å²) in [4.78, 5) is 13.5. The molecule has 0 spiro atoms. The van der Waals surface area contributed by atoms with E-state index < -0.39 is 23.4 Å². The Bertz CT molecular complexity index is 940. The first-order chi connectivity index (χ1) is 15.5. The molecule has 2 N–H and O–H groups in total. The summed E-state index contributed by atoms with van der Waals surface area (Å²) < 4.78 is 46.0. The van der Waals surface area contributed by atoms with Gasteiger partial charge in [0.15, 0.2) is 0 Å². The average Bonchev–Trinajstić information content (AvgIpc) is 2.78. The van der Waals surface area contributed by atoms with Gasteiger partial charge in [-0.2, -0.15) is 13.2 Å². The largest absolute Gasteiger partial charge is 0.416 e. The molecule has 3 rings (SSSR count). The number of ether oxygens (including phenoxy) is 1. The minimum Gasteiger partial charge on any atom is -0.372 e. The zero-order chi connectivity index (χ0) is 24.2. The van der Waals surface area contributed by atoms with Gasteiger partial charge in [0, 0.05) is 26.7 Å². The molecule has 0 radical (unpaired) electrons. The van der Waals surface area contributed by atoms with Crippen LogP contribution in [0.1, 0.15) is 48.1 Å². The monoisotopic (exact) mass is 463 g/mol. The van der Waals surface area contributed by atoms with Crippen molar-refractivity contribution in [2.75, 3.05) is 27.2 Å². The number of hydrogen-bond acceptors (Lipinski definition) is 3. The summed E-state index contributed by atoms with van der Waals surface area (Å²) in [6, 6.07) is 13.8. The lowest BCUT2D eigenvalue weighted by Crippen LogP contribution is -2.58. The number of piperidine rings is 1. The van der Waals surface area contributed by atoms with E-state index in [2.05, 4.69) is 10.6 Å². The number of hydrogen-bond donors (Lipinski definition) is 2. The Morgan fingerprint density at radius 2 is 1.94 bits per heavy atom. The molecule has 1 fully saturated rings. The third-order valence-corrected chi connectivity index (χ3v) is 6.14. The maximum atomic E-state index is 13.3. The van der Waals surface area contributed by atoms with Crippen molar-refractivity contribution >= 4 is 6.03 Å². The molecule has 8 heteroatoms. The lowest BCUT2D eigenvalue weighted by Gasteiger charge is -2.42. The number of aryl methyl sites for hydroxylation is 1. The number of halogens is 3. The molecular formula is C25H32F3N3O2. The summed E-state index contributed by atoms with van der Waals surface area (Å²) >= 11 is 0. The summed E-state index contributed by atoms with van der Waals surface area (Å²) in [7, 11) is 3.40. The van der Waals surface area contributed by atoms with Crippen LogP contribution in [0.3, 0.4) is 0 Å². The molecule has 1 saturated heterocycles. The summed E-state index contributed by atoms with van der Waals surface area (Å²) in [5.74, 6) is 0. The van der Waals surface area contributed by atoms with Crippen molar-refractivity contribution in [2.24, 2.45) is 0 Å². The molecule has 0 aliphatic carbocycles. The quantitative estimate of drug-likeness (QED) is 0.633. The molecule has 1 aliphatic heterocycles. The zero-order valence-electron chi connectivity index (χ0n) is 19.5. The predicted octanol–water partition coefficient (Wildman–Crippen LogP) is 5.01. The normalized spacial score (nSPS) is 22.0. The number of nitrogens with zero attached hydrogens (tertiary/aromatic N) is 1. The Hall–Kier alpha value is -2.58. The molecule has 1 aliphatic rings. The second kappa shape index (κ2) is 10.1. The van der Waals surface area contributed by atoms with Crippen LogP contribution >= 0.6 is 0 Å². The van der Waals surface area contributed by atoms with Gasteiger partial charge < -0.3 is 20.3 Å². The van der Waals surface area contributed by atoms with Crippen molar-refractivity contribution in [2.45, 2.75) is 50.6 Å². The molecular weight excluding hydrogens is 431 g/mol. The van der Waals surface area contributed by atoms with Gasteiger partial charge in [-0.05, 0) is 49.9 Å². The van der Waals surface area contributed by atoms with Crippen LogP contribution in [0.15, 0.2) is 48.5 Å². The number of carbonyl (C=O) groups is 1. The van der Waals surface area contributed by atoms with E-state index in [-0.39, 0.29) is 12.1 Å². The Morgan fingerprint density at radius 1 is 1.24 bits per heavy atom. The van der Waals surface area contributed by atoms with Crippen molar-refractivity contribution < 1.29 is 22.7 Å². The number of amides is 2. The molecule has 3 atom stereocenters. The minimum absolute atomic E-state index is 0.0136. The van der Waals surface area contributed by atoms with Gasteiger partial charge in [-0.15, -0.1) is 0 Å². The molecule has 0 aromatic heterocycles. The van der Waals surface area contributed by atoms with Crippen LogP contribution in [-0.4, -0.2) is 44.2 Å². The highest BCUT2D eigenvalue weighted by atomic mass is 19.4. The Kier molecular flexibility index (Phi) is 7.69. The maximum Gasteiger partial charge on any atom is 0.416 e. The first-order valence-electron chi connectivity index (χ1n) is 11.1. The average molecular weight is 464 g/mol. The van der Waals surface area contributed by atoms with E-state index in [4.69, 9.17) is 4.74 Å². The lowest BCUT2D eigenvalue weighted by atomic mass is 9.81. The highest BCUT2D eigenvalue weighted by molar-refractivity contribution is 5.73. The zero-order valence-corrected chi connectivity index (χ0v) is 19.5. The molecule has 2 amide bonds. The highest BCUT2D eigenvalue weighted by Crippen LogP contribution is 2.35. The molecule has 0 bridgehead atoms. The number of carbonyl (C=O) groups excluding carboxylic acids is 1. The van der Waals surface area contributed by atoms with Crippen molar-refractivity contribution in [1.82, 2.24) is 15.5 Å². The number of rotatable bonds is 6. The van der Waals surface area contributed by atoms with Crippen LogP contribution in [0, 0.1) is 6.92 Å². The van der Waals surface area contributed by atoms with E-state index in [1.54, 1.807) is 34.0 Å². The van der Waals surface area contributed by atoms with Gasteiger partial charge in [-0.1, -0.05) is 42.0 Å². The van der Waals surface area contributed by atoms with Gasteiger partial charge >= 0.3 is 12.2 Å².